The third-order valence-electron chi connectivity index (χ3n) is 5.72. The molecule has 2 unspecified atom stereocenters. The van der Waals surface area contributed by atoms with E-state index < -0.39 is 0 Å². The van der Waals surface area contributed by atoms with Gasteiger partial charge in [-0.2, -0.15) is 0 Å². The Balaban J connectivity index is 1.44. The second-order valence-corrected chi connectivity index (χ2v) is 7.47. The molecule has 2 atom stereocenters. The van der Waals surface area contributed by atoms with E-state index in [4.69, 9.17) is 0 Å². The lowest BCUT2D eigenvalue weighted by atomic mass is 9.93. The van der Waals surface area contributed by atoms with Crippen LogP contribution in [0.2, 0.25) is 0 Å². The highest BCUT2D eigenvalue weighted by molar-refractivity contribution is 5.80. The van der Waals surface area contributed by atoms with Gasteiger partial charge in [0.25, 0.3) is 0 Å². The second-order valence-electron chi connectivity index (χ2n) is 7.47. The molecule has 0 aliphatic carbocycles. The van der Waals surface area contributed by atoms with Crippen molar-refractivity contribution in [2.45, 2.75) is 19.4 Å². The van der Waals surface area contributed by atoms with Gasteiger partial charge >= 0.3 is 0 Å². The van der Waals surface area contributed by atoms with Crippen molar-refractivity contribution in [3.63, 3.8) is 0 Å². The fourth-order valence-electron chi connectivity index (χ4n) is 4.23. The Kier molecular flexibility index (Phi) is 5.41. The van der Waals surface area contributed by atoms with Gasteiger partial charge in [-0.3, -0.25) is 10.2 Å². The van der Waals surface area contributed by atoms with Gasteiger partial charge in [0.1, 0.15) is 0 Å². The van der Waals surface area contributed by atoms with Crippen LogP contribution in [0, 0.1) is 12.8 Å². The Hall–Kier alpha value is -2.37. The molecule has 5 nitrogen and oxygen atoms in total. The van der Waals surface area contributed by atoms with Gasteiger partial charge < -0.3 is 9.80 Å². The number of nitrogens with one attached hydrogen (secondary N) is 2. The van der Waals surface area contributed by atoms with Crippen molar-refractivity contribution >= 4 is 11.6 Å². The van der Waals surface area contributed by atoms with E-state index in [1.54, 1.807) is 0 Å². The highest BCUT2D eigenvalue weighted by atomic mass is 16.2. The van der Waals surface area contributed by atoms with Crippen molar-refractivity contribution in [2.75, 3.05) is 37.6 Å². The Morgan fingerprint density at radius 2 is 1.74 bits per heavy atom. The number of carbonyl (C=O) groups is 1. The van der Waals surface area contributed by atoms with Crippen molar-refractivity contribution in [3.05, 3.63) is 65.7 Å². The van der Waals surface area contributed by atoms with Crippen molar-refractivity contribution in [3.8, 4) is 0 Å². The maximum atomic E-state index is 13.3. The molecule has 2 aromatic rings. The number of amides is 1. The largest absolute Gasteiger partial charge is 0.369 e. The summed E-state index contributed by atoms with van der Waals surface area (Å²) in [4.78, 5) is 17.8. The number of hydrogen-bond acceptors (Lipinski definition) is 4. The lowest BCUT2D eigenvalue weighted by Gasteiger charge is -2.27. The van der Waals surface area contributed by atoms with Gasteiger partial charge in [0.05, 0.1) is 12.0 Å². The van der Waals surface area contributed by atoms with E-state index in [0.29, 0.717) is 6.54 Å². The molecule has 2 aliphatic rings. The van der Waals surface area contributed by atoms with Crippen molar-refractivity contribution in [1.29, 1.82) is 0 Å². The summed E-state index contributed by atoms with van der Waals surface area (Å²) in [5.74, 6) is 0.199. The first-order chi connectivity index (χ1) is 13.2. The molecule has 0 saturated carbocycles. The van der Waals surface area contributed by atoms with Crippen LogP contribution < -0.4 is 15.8 Å². The number of hydrazine groups is 1. The van der Waals surface area contributed by atoms with Gasteiger partial charge in [-0.1, -0.05) is 48.5 Å². The van der Waals surface area contributed by atoms with Gasteiger partial charge in [-0.15, -0.1) is 0 Å². The number of anilines is 1. The van der Waals surface area contributed by atoms with E-state index >= 15 is 0 Å². The average Bonchev–Trinajstić information content (AvgIpc) is 3.07. The van der Waals surface area contributed by atoms with Gasteiger partial charge in [0, 0.05) is 38.4 Å². The monoisotopic (exact) mass is 364 g/mol. The Morgan fingerprint density at radius 1 is 0.963 bits per heavy atom. The molecule has 1 amide bonds. The number of aryl methyl sites for hydroxylation is 1. The number of hydrogen-bond donors (Lipinski definition) is 2. The van der Waals surface area contributed by atoms with Crippen molar-refractivity contribution < 1.29 is 4.79 Å². The third kappa shape index (κ3) is 3.84. The summed E-state index contributed by atoms with van der Waals surface area (Å²) >= 11 is 0. The van der Waals surface area contributed by atoms with Gasteiger partial charge in [-0.25, -0.2) is 5.43 Å². The lowest BCUT2D eigenvalue weighted by molar-refractivity contribution is -0.135. The zero-order valence-corrected chi connectivity index (χ0v) is 15.9. The molecular weight excluding hydrogens is 336 g/mol. The lowest BCUT2D eigenvalue weighted by Crippen LogP contribution is -2.41. The highest BCUT2D eigenvalue weighted by Gasteiger charge is 2.36. The molecule has 0 radical (unpaired) electrons. The van der Waals surface area contributed by atoms with E-state index in [1.165, 1.54) is 11.3 Å². The molecular formula is C22H28N4O. The second kappa shape index (κ2) is 8.11. The summed E-state index contributed by atoms with van der Waals surface area (Å²) in [5, 5.41) is 0. The predicted octanol–water partition coefficient (Wildman–Crippen LogP) is 2.50. The van der Waals surface area contributed by atoms with Gasteiger partial charge in [-0.05, 0) is 30.5 Å². The van der Waals surface area contributed by atoms with Crippen LogP contribution in [0.1, 0.15) is 23.6 Å². The topological polar surface area (TPSA) is 47.6 Å². The first kappa shape index (κ1) is 18.0. The molecule has 2 saturated heterocycles. The van der Waals surface area contributed by atoms with Gasteiger partial charge in [0.15, 0.2) is 0 Å². The van der Waals surface area contributed by atoms with Crippen LogP contribution in [0.3, 0.4) is 0 Å². The van der Waals surface area contributed by atoms with Crippen LogP contribution in [-0.2, 0) is 4.79 Å². The van der Waals surface area contributed by atoms with Crippen molar-refractivity contribution in [1.82, 2.24) is 15.8 Å². The van der Waals surface area contributed by atoms with E-state index in [2.05, 4.69) is 64.0 Å². The number of para-hydroxylation sites is 1. The molecule has 27 heavy (non-hydrogen) atoms. The Bertz CT molecular complexity index is 779. The fraction of sp³-hybridized carbons (Fsp3) is 0.409. The van der Waals surface area contributed by atoms with Crippen LogP contribution in [0.25, 0.3) is 0 Å². The zero-order chi connectivity index (χ0) is 18.6. The normalized spacial score (nSPS) is 23.3. The molecule has 0 bridgehead atoms. The van der Waals surface area contributed by atoms with Crippen LogP contribution in [0.15, 0.2) is 54.6 Å². The first-order valence-electron chi connectivity index (χ1n) is 9.87. The summed E-state index contributed by atoms with van der Waals surface area (Å²) in [6, 6.07) is 18.8. The molecule has 0 aromatic heterocycles. The molecule has 2 N–H and O–H groups in total. The SMILES string of the molecule is Cc1ccccc1N1CCCN(C(=O)C2CNNC2c2ccccc2)CC1. The molecule has 2 aromatic carbocycles. The maximum Gasteiger partial charge on any atom is 0.229 e. The molecule has 0 spiro atoms. The molecule has 4 rings (SSSR count). The number of nitrogens with zero attached hydrogens (tertiary/aromatic N) is 2. The molecule has 5 heteroatoms. The fourth-order valence-corrected chi connectivity index (χ4v) is 4.23. The summed E-state index contributed by atoms with van der Waals surface area (Å²) in [5.41, 5.74) is 10.2. The smallest absolute Gasteiger partial charge is 0.229 e. The Morgan fingerprint density at radius 3 is 2.56 bits per heavy atom. The number of carbonyl (C=O) groups excluding carboxylic acids is 1. The molecule has 142 valence electrons. The minimum absolute atomic E-state index is 0.0365. The third-order valence-corrected chi connectivity index (χ3v) is 5.72. The van der Waals surface area contributed by atoms with Crippen molar-refractivity contribution in [2.24, 2.45) is 5.92 Å². The van der Waals surface area contributed by atoms with E-state index in [-0.39, 0.29) is 17.9 Å². The van der Waals surface area contributed by atoms with Crippen LogP contribution in [0.4, 0.5) is 5.69 Å². The zero-order valence-electron chi connectivity index (χ0n) is 15.9. The maximum absolute atomic E-state index is 13.3. The summed E-state index contributed by atoms with van der Waals surface area (Å²) < 4.78 is 0. The number of rotatable bonds is 3. The van der Waals surface area contributed by atoms with E-state index in [0.717, 1.165) is 38.2 Å². The van der Waals surface area contributed by atoms with Crippen LogP contribution >= 0.6 is 0 Å². The molecule has 2 aliphatic heterocycles. The predicted molar refractivity (Wildman–Crippen MR) is 108 cm³/mol. The average molecular weight is 364 g/mol. The summed E-state index contributed by atoms with van der Waals surface area (Å²) in [7, 11) is 0. The standard InChI is InChI=1S/C22H28N4O/c1-17-8-5-6-11-20(17)25-12-7-13-26(15-14-25)22(27)19-16-23-24-21(19)18-9-3-2-4-10-18/h2-6,8-11,19,21,23-24H,7,12-16H2,1H3. The molecule has 2 heterocycles. The summed E-state index contributed by atoms with van der Waals surface area (Å²) in [6.45, 7) is 6.34. The minimum atomic E-state index is -0.0580. The first-order valence-corrected chi connectivity index (χ1v) is 9.87. The molecule has 2 fully saturated rings. The van der Waals surface area contributed by atoms with E-state index in [9.17, 15) is 4.79 Å². The summed E-state index contributed by atoms with van der Waals surface area (Å²) in [6.07, 6.45) is 1.00. The van der Waals surface area contributed by atoms with Gasteiger partial charge in [0.2, 0.25) is 5.91 Å². The quantitative estimate of drug-likeness (QED) is 0.879. The highest BCUT2D eigenvalue weighted by Crippen LogP contribution is 2.27. The Labute approximate surface area is 161 Å². The van der Waals surface area contributed by atoms with E-state index in [1.807, 2.05) is 18.2 Å². The van der Waals surface area contributed by atoms with Crippen LogP contribution in [0.5, 0.6) is 0 Å². The minimum Gasteiger partial charge on any atom is -0.369 e. The van der Waals surface area contributed by atoms with Crippen LogP contribution in [-0.4, -0.2) is 43.5 Å². The number of benzene rings is 2.